The number of morpholine rings is 1. The Kier molecular flexibility index (Phi) is 5.08. The normalized spacial score (nSPS) is 20.1. The van der Waals surface area contributed by atoms with Crippen molar-refractivity contribution in [2.45, 2.75) is 39.4 Å². The maximum atomic E-state index is 6.43. The molecule has 0 amide bonds. The second-order valence-corrected chi connectivity index (χ2v) is 5.85. The molecule has 0 bridgehead atoms. The molecule has 0 aromatic heterocycles. The van der Waals surface area contributed by atoms with Gasteiger partial charge in [0.25, 0.3) is 0 Å². The Hall–Kier alpha value is -0.770. The number of nitrogens with zero attached hydrogens (tertiary/aromatic N) is 1. The predicted octanol–water partition coefficient (Wildman–Crippen LogP) is 3.06. The van der Waals surface area contributed by atoms with Gasteiger partial charge in [0.1, 0.15) is 0 Å². The summed E-state index contributed by atoms with van der Waals surface area (Å²) < 4.78 is 5.47. The molecule has 0 radical (unpaired) electrons. The van der Waals surface area contributed by atoms with Gasteiger partial charge in [-0.3, -0.25) is 0 Å². The molecule has 1 N–H and O–H groups in total. The number of anilines is 1. The lowest BCUT2D eigenvalue weighted by Crippen LogP contribution is -2.43. The minimum absolute atomic E-state index is 0.380. The van der Waals surface area contributed by atoms with Crippen LogP contribution in [0.1, 0.15) is 26.3 Å². The van der Waals surface area contributed by atoms with Crippen molar-refractivity contribution >= 4 is 17.3 Å². The third kappa shape index (κ3) is 3.85. The summed E-state index contributed by atoms with van der Waals surface area (Å²) in [6.45, 7) is 9.77. The molecular formula is C15H23ClN2O. The van der Waals surface area contributed by atoms with Crippen LogP contribution in [0.15, 0.2) is 18.2 Å². The maximum absolute atomic E-state index is 6.43. The predicted molar refractivity (Wildman–Crippen MR) is 81.1 cm³/mol. The van der Waals surface area contributed by atoms with Crippen LogP contribution in [-0.4, -0.2) is 31.8 Å². The van der Waals surface area contributed by atoms with E-state index in [4.69, 9.17) is 16.3 Å². The molecule has 3 nitrogen and oxygen atoms in total. The van der Waals surface area contributed by atoms with Crippen molar-refractivity contribution in [3.63, 3.8) is 0 Å². The zero-order chi connectivity index (χ0) is 13.8. The fraction of sp³-hybridized carbons (Fsp3) is 0.600. The van der Waals surface area contributed by atoms with Gasteiger partial charge in [0, 0.05) is 25.2 Å². The molecule has 1 aliphatic heterocycles. The van der Waals surface area contributed by atoms with E-state index in [1.165, 1.54) is 5.56 Å². The van der Waals surface area contributed by atoms with Gasteiger partial charge in [-0.25, -0.2) is 0 Å². The summed E-state index contributed by atoms with van der Waals surface area (Å²) >= 11 is 6.43. The van der Waals surface area contributed by atoms with E-state index in [1.807, 2.05) is 0 Å². The first-order chi connectivity index (χ1) is 9.08. The fourth-order valence-corrected chi connectivity index (χ4v) is 2.61. The fourth-order valence-electron chi connectivity index (χ4n) is 2.30. The van der Waals surface area contributed by atoms with Crippen LogP contribution in [-0.2, 0) is 11.3 Å². The molecule has 1 aromatic carbocycles. The number of hydrogen-bond donors (Lipinski definition) is 1. The van der Waals surface area contributed by atoms with E-state index in [0.29, 0.717) is 12.1 Å². The van der Waals surface area contributed by atoms with Crippen molar-refractivity contribution in [2.75, 3.05) is 24.7 Å². The van der Waals surface area contributed by atoms with Crippen LogP contribution >= 0.6 is 11.6 Å². The standard InChI is InChI=1S/C15H23ClN2O/c1-11(2)17-9-13-4-5-15(14(16)8-13)18-6-7-19-10-12(18)3/h4-5,8,11-12,17H,6-7,9-10H2,1-3H3. The van der Waals surface area contributed by atoms with Crippen LogP contribution in [0, 0.1) is 0 Å². The quantitative estimate of drug-likeness (QED) is 0.919. The lowest BCUT2D eigenvalue weighted by atomic mass is 10.1. The van der Waals surface area contributed by atoms with Crippen LogP contribution in [0.5, 0.6) is 0 Å². The molecule has 1 saturated heterocycles. The topological polar surface area (TPSA) is 24.5 Å². The van der Waals surface area contributed by atoms with Crippen molar-refractivity contribution in [2.24, 2.45) is 0 Å². The first-order valence-corrected chi connectivity index (χ1v) is 7.32. The average molecular weight is 283 g/mol. The van der Waals surface area contributed by atoms with Gasteiger partial charge in [0.2, 0.25) is 0 Å². The molecule has 1 fully saturated rings. The third-order valence-electron chi connectivity index (χ3n) is 3.40. The van der Waals surface area contributed by atoms with Crippen molar-refractivity contribution in [1.82, 2.24) is 5.32 Å². The summed E-state index contributed by atoms with van der Waals surface area (Å²) in [4.78, 5) is 2.32. The Morgan fingerprint density at radius 3 is 2.89 bits per heavy atom. The lowest BCUT2D eigenvalue weighted by Gasteiger charge is -2.35. The summed E-state index contributed by atoms with van der Waals surface area (Å²) in [5.74, 6) is 0. The van der Waals surface area contributed by atoms with Gasteiger partial charge in [-0.1, -0.05) is 31.5 Å². The van der Waals surface area contributed by atoms with E-state index >= 15 is 0 Å². The Morgan fingerprint density at radius 2 is 2.26 bits per heavy atom. The summed E-state index contributed by atoms with van der Waals surface area (Å²) in [6.07, 6.45) is 0. The van der Waals surface area contributed by atoms with Crippen molar-refractivity contribution in [3.8, 4) is 0 Å². The zero-order valence-corrected chi connectivity index (χ0v) is 12.7. The first-order valence-electron chi connectivity index (χ1n) is 6.94. The molecular weight excluding hydrogens is 260 g/mol. The molecule has 1 atom stereocenters. The Bertz CT molecular complexity index is 423. The summed E-state index contributed by atoms with van der Waals surface area (Å²) in [7, 11) is 0. The maximum Gasteiger partial charge on any atom is 0.0668 e. The largest absolute Gasteiger partial charge is 0.377 e. The monoisotopic (exact) mass is 282 g/mol. The second-order valence-electron chi connectivity index (χ2n) is 5.44. The molecule has 1 aromatic rings. The highest BCUT2D eigenvalue weighted by atomic mass is 35.5. The minimum Gasteiger partial charge on any atom is -0.377 e. The summed E-state index contributed by atoms with van der Waals surface area (Å²) in [5, 5.41) is 4.23. The van der Waals surface area contributed by atoms with Crippen molar-refractivity contribution in [1.29, 1.82) is 0 Å². The van der Waals surface area contributed by atoms with Crippen LogP contribution < -0.4 is 10.2 Å². The van der Waals surface area contributed by atoms with E-state index in [9.17, 15) is 0 Å². The van der Waals surface area contributed by atoms with Crippen LogP contribution in [0.2, 0.25) is 5.02 Å². The molecule has 4 heteroatoms. The highest BCUT2D eigenvalue weighted by Gasteiger charge is 2.21. The number of hydrogen-bond acceptors (Lipinski definition) is 3. The zero-order valence-electron chi connectivity index (χ0n) is 11.9. The summed E-state index contributed by atoms with van der Waals surface area (Å²) in [6, 6.07) is 7.21. The first kappa shape index (κ1) is 14.6. The SMILES string of the molecule is CC(C)NCc1ccc(N2CCOCC2C)c(Cl)c1. The number of halogens is 1. The van der Waals surface area contributed by atoms with E-state index in [2.05, 4.69) is 49.2 Å². The van der Waals surface area contributed by atoms with Crippen molar-refractivity contribution < 1.29 is 4.74 Å². The van der Waals surface area contributed by atoms with Gasteiger partial charge in [-0.2, -0.15) is 0 Å². The van der Waals surface area contributed by atoms with E-state index in [0.717, 1.165) is 37.0 Å². The minimum atomic E-state index is 0.380. The van der Waals surface area contributed by atoms with E-state index in [-0.39, 0.29) is 0 Å². The molecule has 1 aliphatic rings. The number of ether oxygens (including phenoxy) is 1. The highest BCUT2D eigenvalue weighted by molar-refractivity contribution is 6.33. The molecule has 1 unspecified atom stereocenters. The second kappa shape index (κ2) is 6.60. The summed E-state index contributed by atoms with van der Waals surface area (Å²) in [5.41, 5.74) is 2.34. The van der Waals surface area contributed by atoms with Crippen molar-refractivity contribution in [3.05, 3.63) is 28.8 Å². The molecule has 0 spiro atoms. The Morgan fingerprint density at radius 1 is 1.47 bits per heavy atom. The molecule has 0 saturated carbocycles. The average Bonchev–Trinajstić information content (AvgIpc) is 2.38. The number of benzene rings is 1. The highest BCUT2D eigenvalue weighted by Crippen LogP contribution is 2.29. The van der Waals surface area contributed by atoms with Crippen LogP contribution in [0.3, 0.4) is 0 Å². The van der Waals surface area contributed by atoms with E-state index in [1.54, 1.807) is 0 Å². The molecule has 1 heterocycles. The Labute approximate surface area is 120 Å². The number of nitrogens with one attached hydrogen (secondary N) is 1. The van der Waals surface area contributed by atoms with Gasteiger partial charge in [0.15, 0.2) is 0 Å². The lowest BCUT2D eigenvalue weighted by molar-refractivity contribution is 0.0989. The van der Waals surface area contributed by atoms with Crippen LogP contribution in [0.25, 0.3) is 0 Å². The van der Waals surface area contributed by atoms with E-state index < -0.39 is 0 Å². The van der Waals surface area contributed by atoms with Gasteiger partial charge >= 0.3 is 0 Å². The van der Waals surface area contributed by atoms with Gasteiger partial charge < -0.3 is 15.0 Å². The van der Waals surface area contributed by atoms with Gasteiger partial charge in [-0.05, 0) is 24.6 Å². The third-order valence-corrected chi connectivity index (χ3v) is 3.71. The number of rotatable bonds is 4. The molecule has 2 rings (SSSR count). The van der Waals surface area contributed by atoms with Crippen LogP contribution in [0.4, 0.5) is 5.69 Å². The van der Waals surface area contributed by atoms with Gasteiger partial charge in [-0.15, -0.1) is 0 Å². The Balaban J connectivity index is 2.10. The molecule has 0 aliphatic carbocycles. The molecule has 19 heavy (non-hydrogen) atoms. The molecule has 106 valence electrons. The smallest absolute Gasteiger partial charge is 0.0668 e. The van der Waals surface area contributed by atoms with Gasteiger partial charge in [0.05, 0.1) is 23.9 Å².